The molecule has 0 fully saturated rings. The van der Waals surface area contributed by atoms with Gasteiger partial charge in [-0.3, -0.25) is 0 Å². The minimum absolute atomic E-state index is 0.107. The number of anilines is 3. The molecule has 0 spiro atoms. The summed E-state index contributed by atoms with van der Waals surface area (Å²) in [5.41, 5.74) is 10.5. The molecule has 0 amide bonds. The summed E-state index contributed by atoms with van der Waals surface area (Å²) in [5, 5.41) is 7.42. The molecule has 218 valence electrons. The molecule has 1 aliphatic rings. The van der Waals surface area contributed by atoms with Gasteiger partial charge >= 0.3 is 0 Å². The first-order valence-corrected chi connectivity index (χ1v) is 16.7. The van der Waals surface area contributed by atoms with Crippen LogP contribution < -0.4 is 4.90 Å². The molecule has 7 aromatic carbocycles. The van der Waals surface area contributed by atoms with E-state index < -0.39 is 0 Å². The van der Waals surface area contributed by atoms with Crippen molar-refractivity contribution < 1.29 is 4.42 Å². The lowest BCUT2D eigenvalue weighted by Gasteiger charge is -2.29. The number of nitrogens with zero attached hydrogens (tertiary/aromatic N) is 1. The van der Waals surface area contributed by atoms with E-state index in [0.29, 0.717) is 0 Å². The van der Waals surface area contributed by atoms with Gasteiger partial charge in [0.05, 0.1) is 27.1 Å². The second-order valence-electron chi connectivity index (χ2n) is 12.9. The van der Waals surface area contributed by atoms with Crippen LogP contribution in [0.15, 0.2) is 144 Å². The van der Waals surface area contributed by atoms with Crippen LogP contribution in [0.2, 0.25) is 0 Å². The summed E-state index contributed by atoms with van der Waals surface area (Å²) in [4.78, 5) is 2.52. The zero-order chi connectivity index (χ0) is 30.6. The van der Waals surface area contributed by atoms with Crippen molar-refractivity contribution >= 4 is 81.3 Å². The number of fused-ring (bicyclic) bond motifs is 11. The Kier molecular flexibility index (Phi) is 5.25. The summed E-state index contributed by atoms with van der Waals surface area (Å²) in [7, 11) is 0. The van der Waals surface area contributed by atoms with Crippen molar-refractivity contribution in [1.29, 1.82) is 0 Å². The lowest BCUT2D eigenvalue weighted by Crippen LogP contribution is -2.16. The number of para-hydroxylation sites is 1. The molecule has 9 aromatic rings. The lowest BCUT2D eigenvalue weighted by molar-refractivity contribution is 0.660. The van der Waals surface area contributed by atoms with Crippen LogP contribution in [0, 0.1) is 0 Å². The van der Waals surface area contributed by atoms with Gasteiger partial charge < -0.3 is 9.32 Å². The number of furan rings is 1. The molecule has 2 aromatic heterocycles. The SMILES string of the molecule is CC1(C)c2ccccc2-c2c(N(c3cccc4c3sc3c5ccccc5ccc43)c3cccc4oc5ccccc5c34)cccc21. The summed E-state index contributed by atoms with van der Waals surface area (Å²) >= 11 is 1.90. The smallest absolute Gasteiger partial charge is 0.137 e. The van der Waals surface area contributed by atoms with Gasteiger partial charge in [0.25, 0.3) is 0 Å². The molecule has 46 heavy (non-hydrogen) atoms. The summed E-state index contributed by atoms with van der Waals surface area (Å²) in [5.74, 6) is 0. The van der Waals surface area contributed by atoms with Crippen molar-refractivity contribution in [1.82, 2.24) is 0 Å². The van der Waals surface area contributed by atoms with Crippen molar-refractivity contribution in [3.63, 3.8) is 0 Å². The van der Waals surface area contributed by atoms with Crippen molar-refractivity contribution in [2.24, 2.45) is 0 Å². The standard InChI is InChI=1S/C43H29NOS/c1-43(2)32-17-7-5-14-30(32)39-33(43)18-10-19-34(39)44(35-20-11-23-38-40(35)31-15-6-8-22-37(31)45-38)36-21-9-16-28-29-25-24-26-12-3-4-13-27(26)41(29)46-42(28)36/h3-25H,1-2H3. The molecule has 0 radical (unpaired) electrons. The fourth-order valence-corrected chi connectivity index (χ4v) is 9.28. The van der Waals surface area contributed by atoms with Crippen molar-refractivity contribution in [2.45, 2.75) is 19.3 Å². The Labute approximate surface area is 270 Å². The van der Waals surface area contributed by atoms with Crippen LogP contribution in [-0.2, 0) is 5.41 Å². The van der Waals surface area contributed by atoms with E-state index >= 15 is 0 Å². The molecule has 0 saturated heterocycles. The van der Waals surface area contributed by atoms with Crippen LogP contribution >= 0.6 is 11.3 Å². The lowest BCUT2D eigenvalue weighted by atomic mass is 9.82. The maximum Gasteiger partial charge on any atom is 0.137 e. The van der Waals surface area contributed by atoms with Gasteiger partial charge in [0.1, 0.15) is 11.2 Å². The van der Waals surface area contributed by atoms with Gasteiger partial charge in [0.2, 0.25) is 0 Å². The number of hydrogen-bond donors (Lipinski definition) is 0. The normalized spacial score (nSPS) is 13.6. The van der Waals surface area contributed by atoms with E-state index in [2.05, 4.69) is 152 Å². The summed E-state index contributed by atoms with van der Waals surface area (Å²) < 4.78 is 9.07. The van der Waals surface area contributed by atoms with E-state index in [1.54, 1.807) is 0 Å². The van der Waals surface area contributed by atoms with Crippen LogP contribution in [0.4, 0.5) is 17.1 Å². The second-order valence-corrected chi connectivity index (χ2v) is 13.9. The topological polar surface area (TPSA) is 16.4 Å². The summed E-state index contributed by atoms with van der Waals surface area (Å²) in [6.07, 6.45) is 0. The highest BCUT2D eigenvalue weighted by molar-refractivity contribution is 7.27. The fourth-order valence-electron chi connectivity index (χ4n) is 7.94. The van der Waals surface area contributed by atoms with E-state index in [9.17, 15) is 0 Å². The summed E-state index contributed by atoms with van der Waals surface area (Å²) in [6.45, 7) is 4.71. The first-order chi connectivity index (χ1) is 22.6. The number of thiophene rings is 1. The van der Waals surface area contributed by atoms with E-state index in [4.69, 9.17) is 4.42 Å². The highest BCUT2D eigenvalue weighted by atomic mass is 32.1. The fraction of sp³-hybridized carbons (Fsp3) is 0.0698. The van der Waals surface area contributed by atoms with Crippen molar-refractivity contribution in [3.05, 3.63) is 151 Å². The van der Waals surface area contributed by atoms with E-state index in [0.717, 1.165) is 27.6 Å². The largest absolute Gasteiger partial charge is 0.456 e. The monoisotopic (exact) mass is 607 g/mol. The molecule has 0 aliphatic heterocycles. The van der Waals surface area contributed by atoms with Crippen LogP contribution in [0.1, 0.15) is 25.0 Å². The maximum atomic E-state index is 6.46. The zero-order valence-corrected chi connectivity index (χ0v) is 26.4. The first-order valence-electron chi connectivity index (χ1n) is 15.9. The molecule has 0 saturated carbocycles. The molecule has 0 atom stereocenters. The third-order valence-corrected chi connectivity index (χ3v) is 11.3. The number of hydrogen-bond acceptors (Lipinski definition) is 3. The van der Waals surface area contributed by atoms with Gasteiger partial charge in [-0.1, -0.05) is 123 Å². The van der Waals surface area contributed by atoms with Crippen LogP contribution in [0.25, 0.3) is 64.0 Å². The van der Waals surface area contributed by atoms with Gasteiger partial charge in [-0.25, -0.2) is 0 Å². The average Bonchev–Trinajstić information content (AvgIpc) is 3.74. The quantitative estimate of drug-likeness (QED) is 0.199. The molecule has 0 unspecified atom stereocenters. The maximum absolute atomic E-state index is 6.46. The highest BCUT2D eigenvalue weighted by Gasteiger charge is 2.38. The van der Waals surface area contributed by atoms with Gasteiger partial charge in [0.15, 0.2) is 0 Å². The third kappa shape index (κ3) is 3.41. The van der Waals surface area contributed by atoms with E-state index in [-0.39, 0.29) is 5.41 Å². The molecule has 10 rings (SSSR count). The molecule has 2 nitrogen and oxygen atoms in total. The minimum Gasteiger partial charge on any atom is -0.456 e. The van der Waals surface area contributed by atoms with E-state index in [1.165, 1.54) is 64.6 Å². The zero-order valence-electron chi connectivity index (χ0n) is 25.5. The highest BCUT2D eigenvalue weighted by Crippen LogP contribution is 2.56. The second kappa shape index (κ2) is 9.32. The Morgan fingerprint density at radius 3 is 2.09 bits per heavy atom. The Morgan fingerprint density at radius 2 is 1.15 bits per heavy atom. The van der Waals surface area contributed by atoms with Gasteiger partial charge in [-0.05, 0) is 57.8 Å². The molecule has 0 bridgehead atoms. The minimum atomic E-state index is -0.107. The van der Waals surface area contributed by atoms with Crippen LogP contribution in [0.5, 0.6) is 0 Å². The Bertz CT molecular complexity index is 2690. The molecule has 1 aliphatic carbocycles. The Hall–Kier alpha value is -5.38. The average molecular weight is 608 g/mol. The number of benzene rings is 7. The molecule has 0 N–H and O–H groups in total. The van der Waals surface area contributed by atoms with Gasteiger partial charge in [-0.2, -0.15) is 0 Å². The number of rotatable bonds is 3. The van der Waals surface area contributed by atoms with Gasteiger partial charge in [-0.15, -0.1) is 11.3 Å². The van der Waals surface area contributed by atoms with E-state index in [1.807, 2.05) is 17.4 Å². The molecular weight excluding hydrogens is 579 g/mol. The molecule has 3 heteroatoms. The Balaban J connectivity index is 1.36. The first kappa shape index (κ1) is 25.9. The van der Waals surface area contributed by atoms with Crippen LogP contribution in [0.3, 0.4) is 0 Å². The predicted molar refractivity (Wildman–Crippen MR) is 196 cm³/mol. The molecule has 2 heterocycles. The molecular formula is C43H29NOS. The predicted octanol–water partition coefficient (Wildman–Crippen LogP) is 12.9. The van der Waals surface area contributed by atoms with Gasteiger partial charge in [0, 0.05) is 31.8 Å². The van der Waals surface area contributed by atoms with Crippen molar-refractivity contribution in [2.75, 3.05) is 4.90 Å². The van der Waals surface area contributed by atoms with Crippen molar-refractivity contribution in [3.8, 4) is 11.1 Å². The van der Waals surface area contributed by atoms with Crippen LogP contribution in [-0.4, -0.2) is 0 Å². The third-order valence-electron chi connectivity index (χ3n) is 10.1. The summed E-state index contributed by atoms with van der Waals surface area (Å²) in [6, 6.07) is 50.8. The Morgan fingerprint density at radius 1 is 0.500 bits per heavy atom.